The van der Waals surface area contributed by atoms with Gasteiger partial charge in [-0.1, -0.05) is 43.3 Å². The van der Waals surface area contributed by atoms with E-state index in [1.807, 2.05) is 68.4 Å². The Hall–Kier alpha value is -4.19. The summed E-state index contributed by atoms with van der Waals surface area (Å²) in [7, 11) is 0. The second kappa shape index (κ2) is 10.2. The van der Waals surface area contributed by atoms with Crippen molar-refractivity contribution in [2.24, 2.45) is 0 Å². The summed E-state index contributed by atoms with van der Waals surface area (Å²) in [5.74, 6) is 0.414. The summed E-state index contributed by atoms with van der Waals surface area (Å²) in [6.07, 6.45) is -0.291. The molecular weight excluding hydrogens is 428 g/mol. The van der Waals surface area contributed by atoms with E-state index >= 15 is 0 Å². The normalized spacial score (nSPS) is 11.6. The zero-order valence-corrected chi connectivity index (χ0v) is 19.4. The highest BCUT2D eigenvalue weighted by atomic mass is 16.5. The summed E-state index contributed by atoms with van der Waals surface area (Å²) >= 11 is 0. The minimum Gasteiger partial charge on any atom is -0.457 e. The molecular formula is C28H26N2O4. The van der Waals surface area contributed by atoms with Crippen LogP contribution in [0.15, 0.2) is 78.9 Å². The number of esters is 1. The lowest BCUT2D eigenvalue weighted by atomic mass is 10.0. The van der Waals surface area contributed by atoms with Crippen molar-refractivity contribution in [1.82, 2.24) is 4.98 Å². The fraction of sp³-hybridized carbons (Fsp3) is 0.179. The van der Waals surface area contributed by atoms with Gasteiger partial charge in [0.1, 0.15) is 11.5 Å². The lowest BCUT2D eigenvalue weighted by molar-refractivity contribution is -0.123. The van der Waals surface area contributed by atoms with Gasteiger partial charge < -0.3 is 14.8 Å². The first-order chi connectivity index (χ1) is 16.5. The molecule has 6 nitrogen and oxygen atoms in total. The van der Waals surface area contributed by atoms with E-state index in [0.717, 1.165) is 22.5 Å². The first-order valence-electron chi connectivity index (χ1n) is 11.2. The molecule has 1 unspecified atom stereocenters. The third kappa shape index (κ3) is 5.07. The summed E-state index contributed by atoms with van der Waals surface area (Å²) in [4.78, 5) is 30.4. The van der Waals surface area contributed by atoms with Crippen LogP contribution in [0.2, 0.25) is 0 Å². The summed E-state index contributed by atoms with van der Waals surface area (Å²) in [6.45, 7) is 5.41. The molecule has 3 aromatic carbocycles. The second-order valence-corrected chi connectivity index (χ2v) is 7.91. The number of nitrogens with one attached hydrogen (secondary N) is 1. The predicted octanol–water partition coefficient (Wildman–Crippen LogP) is 6.08. The molecule has 1 heterocycles. The number of aromatic nitrogens is 1. The minimum atomic E-state index is -0.982. The third-order valence-electron chi connectivity index (χ3n) is 5.53. The van der Waals surface area contributed by atoms with Crippen molar-refractivity contribution in [2.75, 3.05) is 5.32 Å². The Kier molecular flexibility index (Phi) is 6.87. The topological polar surface area (TPSA) is 77.5 Å². The summed E-state index contributed by atoms with van der Waals surface area (Å²) in [5.41, 5.74) is 3.36. The van der Waals surface area contributed by atoms with Crippen LogP contribution in [0.3, 0.4) is 0 Å². The molecule has 1 atom stereocenters. The fourth-order valence-corrected chi connectivity index (χ4v) is 3.71. The first-order valence-corrected chi connectivity index (χ1v) is 11.2. The van der Waals surface area contributed by atoms with Crippen LogP contribution in [0, 0.1) is 6.92 Å². The number of rotatable bonds is 7. The van der Waals surface area contributed by atoms with Crippen molar-refractivity contribution in [3.8, 4) is 11.5 Å². The number of pyridine rings is 1. The maximum Gasteiger partial charge on any atom is 0.339 e. The molecule has 0 saturated carbocycles. The zero-order chi connectivity index (χ0) is 24.1. The molecule has 0 spiro atoms. The number of aryl methyl sites for hydroxylation is 1. The van der Waals surface area contributed by atoms with Gasteiger partial charge in [-0.25, -0.2) is 4.79 Å². The van der Waals surface area contributed by atoms with E-state index in [1.54, 1.807) is 31.2 Å². The van der Waals surface area contributed by atoms with Crippen molar-refractivity contribution < 1.29 is 19.1 Å². The van der Waals surface area contributed by atoms with Crippen LogP contribution < -0.4 is 10.1 Å². The molecule has 4 aromatic rings. The number of carbonyl (C=O) groups excluding carboxylic acids is 2. The third-order valence-corrected chi connectivity index (χ3v) is 5.53. The standard InChI is InChI=1S/C28H26N2O4/c1-4-24-18(2)26(23-12-8-9-13-25(23)30-24)28(32)33-19(3)27(31)29-20-14-16-22(17-15-20)34-21-10-6-5-7-11-21/h5-17,19H,4H2,1-3H3,(H,29,31). The molecule has 0 fully saturated rings. The van der Waals surface area contributed by atoms with E-state index in [-0.39, 0.29) is 0 Å². The zero-order valence-electron chi connectivity index (χ0n) is 19.4. The van der Waals surface area contributed by atoms with Gasteiger partial charge in [-0.05, 0) is 68.3 Å². The Balaban J connectivity index is 1.44. The predicted molar refractivity (Wildman–Crippen MR) is 132 cm³/mol. The molecule has 172 valence electrons. The second-order valence-electron chi connectivity index (χ2n) is 7.91. The molecule has 0 radical (unpaired) electrons. The smallest absolute Gasteiger partial charge is 0.339 e. The maximum atomic E-state index is 13.1. The van der Waals surface area contributed by atoms with Crippen LogP contribution in [0.5, 0.6) is 11.5 Å². The number of anilines is 1. The largest absolute Gasteiger partial charge is 0.457 e. The van der Waals surface area contributed by atoms with E-state index < -0.39 is 18.0 Å². The Morgan fingerprint density at radius 3 is 2.26 bits per heavy atom. The molecule has 6 heteroatoms. The van der Waals surface area contributed by atoms with Crippen LogP contribution in [0.4, 0.5) is 5.69 Å². The number of nitrogens with zero attached hydrogens (tertiary/aromatic N) is 1. The lowest BCUT2D eigenvalue weighted by Crippen LogP contribution is -2.30. The molecule has 4 rings (SSSR count). The average molecular weight is 455 g/mol. The van der Waals surface area contributed by atoms with Gasteiger partial charge in [0, 0.05) is 16.8 Å². The molecule has 0 aliphatic heterocycles. The molecule has 0 saturated heterocycles. The van der Waals surface area contributed by atoms with Crippen molar-refractivity contribution >= 4 is 28.5 Å². The molecule has 0 aliphatic rings. The van der Waals surface area contributed by atoms with Gasteiger partial charge in [0.25, 0.3) is 5.91 Å². The Morgan fingerprint density at radius 2 is 1.56 bits per heavy atom. The number of fused-ring (bicyclic) bond motifs is 1. The van der Waals surface area contributed by atoms with Crippen molar-refractivity contribution in [2.45, 2.75) is 33.3 Å². The number of para-hydroxylation sites is 2. The highest BCUT2D eigenvalue weighted by molar-refractivity contribution is 6.06. The number of benzene rings is 3. The number of carbonyl (C=O) groups is 2. The van der Waals surface area contributed by atoms with E-state index in [0.29, 0.717) is 28.8 Å². The first kappa shape index (κ1) is 23.0. The lowest BCUT2D eigenvalue weighted by Gasteiger charge is -2.17. The van der Waals surface area contributed by atoms with Crippen molar-refractivity contribution in [3.63, 3.8) is 0 Å². The quantitative estimate of drug-likeness (QED) is 0.342. The monoisotopic (exact) mass is 454 g/mol. The van der Waals surface area contributed by atoms with E-state index in [2.05, 4.69) is 10.3 Å². The number of hydrogen-bond acceptors (Lipinski definition) is 5. The summed E-state index contributed by atoms with van der Waals surface area (Å²) in [6, 6.07) is 23.9. The molecule has 0 bridgehead atoms. The molecule has 1 amide bonds. The van der Waals surface area contributed by atoms with Gasteiger partial charge >= 0.3 is 5.97 Å². The maximum absolute atomic E-state index is 13.1. The summed E-state index contributed by atoms with van der Waals surface area (Å²) in [5, 5.41) is 3.49. The number of amides is 1. The van der Waals surface area contributed by atoms with Crippen LogP contribution >= 0.6 is 0 Å². The highest BCUT2D eigenvalue weighted by Crippen LogP contribution is 2.25. The van der Waals surface area contributed by atoms with Crippen LogP contribution in [-0.2, 0) is 16.0 Å². The van der Waals surface area contributed by atoms with Crippen molar-refractivity contribution in [3.05, 3.63) is 95.7 Å². The minimum absolute atomic E-state index is 0.420. The molecule has 1 aromatic heterocycles. The summed E-state index contributed by atoms with van der Waals surface area (Å²) < 4.78 is 11.3. The number of ether oxygens (including phenoxy) is 2. The highest BCUT2D eigenvalue weighted by Gasteiger charge is 2.23. The Labute approximate surface area is 198 Å². The molecule has 0 aliphatic carbocycles. The SMILES string of the molecule is CCc1nc2ccccc2c(C(=O)OC(C)C(=O)Nc2ccc(Oc3ccccc3)cc2)c1C. The van der Waals surface area contributed by atoms with Crippen molar-refractivity contribution in [1.29, 1.82) is 0 Å². The van der Waals surface area contributed by atoms with E-state index in [9.17, 15) is 9.59 Å². The van der Waals surface area contributed by atoms with Gasteiger partial charge in [-0.3, -0.25) is 9.78 Å². The molecule has 34 heavy (non-hydrogen) atoms. The van der Waals surface area contributed by atoms with E-state index in [1.165, 1.54) is 0 Å². The average Bonchev–Trinajstić information content (AvgIpc) is 2.85. The van der Waals surface area contributed by atoms with Gasteiger partial charge in [0.05, 0.1) is 11.1 Å². The van der Waals surface area contributed by atoms with E-state index in [4.69, 9.17) is 9.47 Å². The van der Waals surface area contributed by atoms with Gasteiger partial charge in [-0.2, -0.15) is 0 Å². The Bertz CT molecular complexity index is 1320. The number of hydrogen-bond donors (Lipinski definition) is 1. The van der Waals surface area contributed by atoms with Gasteiger partial charge in [-0.15, -0.1) is 0 Å². The fourth-order valence-electron chi connectivity index (χ4n) is 3.71. The van der Waals surface area contributed by atoms with Gasteiger partial charge in [0.15, 0.2) is 6.10 Å². The Morgan fingerprint density at radius 1 is 0.912 bits per heavy atom. The van der Waals surface area contributed by atoms with Crippen LogP contribution in [0.25, 0.3) is 10.9 Å². The van der Waals surface area contributed by atoms with Gasteiger partial charge in [0.2, 0.25) is 0 Å². The van der Waals surface area contributed by atoms with Crippen LogP contribution in [0.1, 0.15) is 35.5 Å². The van der Waals surface area contributed by atoms with Crippen LogP contribution in [-0.4, -0.2) is 23.0 Å². The molecule has 1 N–H and O–H groups in total.